The number of hydrogen-bond acceptors (Lipinski definition) is 7. The predicted molar refractivity (Wildman–Crippen MR) is 129 cm³/mol. The second kappa shape index (κ2) is 9.21. The molecule has 0 unspecified atom stereocenters. The van der Waals surface area contributed by atoms with Crippen molar-refractivity contribution in [3.8, 4) is 11.5 Å². The number of carbonyl (C=O) groups is 2. The monoisotopic (exact) mass is 498 g/mol. The Kier molecular flexibility index (Phi) is 6.10. The highest BCUT2D eigenvalue weighted by Gasteiger charge is 2.28. The van der Waals surface area contributed by atoms with Gasteiger partial charge in [0.1, 0.15) is 18.1 Å². The molecule has 0 radical (unpaired) electrons. The Bertz CT molecular complexity index is 1390. The van der Waals surface area contributed by atoms with Gasteiger partial charge in [0, 0.05) is 37.0 Å². The Labute approximate surface area is 202 Å². The highest BCUT2D eigenvalue weighted by atomic mass is 32.2. The maximum absolute atomic E-state index is 13.1. The molecule has 10 nitrogen and oxygen atoms in total. The van der Waals surface area contributed by atoms with Crippen LogP contribution in [0.1, 0.15) is 18.7 Å². The van der Waals surface area contributed by atoms with E-state index in [0.717, 1.165) is 11.8 Å². The predicted octanol–water partition coefficient (Wildman–Crippen LogP) is 2.19. The number of anilines is 1. The van der Waals surface area contributed by atoms with Crippen LogP contribution in [0.25, 0.3) is 11.0 Å². The van der Waals surface area contributed by atoms with Crippen LogP contribution >= 0.6 is 0 Å². The molecule has 1 fully saturated rings. The number of ether oxygens (including phenoxy) is 2. The van der Waals surface area contributed by atoms with Crippen molar-refractivity contribution in [2.75, 3.05) is 31.5 Å². The fourth-order valence-electron chi connectivity index (χ4n) is 4.49. The number of rotatable bonds is 6. The molecule has 35 heavy (non-hydrogen) atoms. The molecule has 2 aliphatic rings. The van der Waals surface area contributed by atoms with E-state index in [1.165, 1.54) is 0 Å². The van der Waals surface area contributed by atoms with Gasteiger partial charge in [-0.25, -0.2) is 13.4 Å². The Morgan fingerprint density at radius 2 is 1.83 bits per heavy atom. The lowest BCUT2D eigenvalue weighted by atomic mass is 9.95. The van der Waals surface area contributed by atoms with Crippen LogP contribution in [0.3, 0.4) is 0 Å². The number of piperidine rings is 1. The van der Waals surface area contributed by atoms with Crippen molar-refractivity contribution >= 4 is 38.4 Å². The molecule has 184 valence electrons. The van der Waals surface area contributed by atoms with Gasteiger partial charge < -0.3 is 24.3 Å². The van der Waals surface area contributed by atoms with Crippen LogP contribution in [0.2, 0.25) is 0 Å². The van der Waals surface area contributed by atoms with Crippen LogP contribution in [0, 0.1) is 5.92 Å². The van der Waals surface area contributed by atoms with Gasteiger partial charge in [0.25, 0.3) is 0 Å². The first-order valence-electron chi connectivity index (χ1n) is 11.4. The van der Waals surface area contributed by atoms with Crippen molar-refractivity contribution in [3.05, 3.63) is 48.3 Å². The number of amides is 2. The zero-order chi connectivity index (χ0) is 24.6. The third kappa shape index (κ3) is 5.09. The standard InChI is InChI=1S/C24H26N4O6S/c1-35(31,32)14-22-26-18-4-2-3-5-19(18)28(22)13-23(29)27-10-8-16(9-11-27)24(30)25-17-6-7-20-21(12-17)34-15-33-20/h2-7,12,16H,8-11,13-15H2,1H3,(H,25,30). The molecule has 3 aromatic rings. The Morgan fingerprint density at radius 3 is 2.60 bits per heavy atom. The fourth-order valence-corrected chi connectivity index (χ4v) is 5.18. The first-order chi connectivity index (χ1) is 16.8. The van der Waals surface area contributed by atoms with E-state index in [4.69, 9.17) is 9.47 Å². The lowest BCUT2D eigenvalue weighted by Gasteiger charge is -2.31. The summed E-state index contributed by atoms with van der Waals surface area (Å²) in [6, 6.07) is 12.6. The number of sulfone groups is 1. The molecule has 5 rings (SSSR count). The molecule has 2 aliphatic heterocycles. The summed E-state index contributed by atoms with van der Waals surface area (Å²) in [6.07, 6.45) is 2.24. The lowest BCUT2D eigenvalue weighted by molar-refractivity contribution is -0.135. The number of imidazole rings is 1. The van der Waals surface area contributed by atoms with Gasteiger partial charge in [-0.15, -0.1) is 0 Å². The third-order valence-electron chi connectivity index (χ3n) is 6.28. The Balaban J connectivity index is 1.22. The number of carbonyl (C=O) groups excluding carboxylic acids is 2. The summed E-state index contributed by atoms with van der Waals surface area (Å²) in [6.45, 7) is 1.07. The molecule has 0 spiro atoms. The quantitative estimate of drug-likeness (QED) is 0.553. The average molecular weight is 499 g/mol. The van der Waals surface area contributed by atoms with E-state index in [1.54, 1.807) is 33.7 Å². The van der Waals surface area contributed by atoms with Gasteiger partial charge in [0.15, 0.2) is 21.3 Å². The van der Waals surface area contributed by atoms with Crippen LogP contribution in [0.5, 0.6) is 11.5 Å². The van der Waals surface area contributed by atoms with E-state index in [-0.39, 0.29) is 36.8 Å². The van der Waals surface area contributed by atoms with E-state index >= 15 is 0 Å². The number of hydrogen-bond donors (Lipinski definition) is 1. The van der Waals surface area contributed by atoms with E-state index in [9.17, 15) is 18.0 Å². The van der Waals surface area contributed by atoms with Crippen molar-refractivity contribution in [1.82, 2.24) is 14.5 Å². The van der Waals surface area contributed by atoms with E-state index < -0.39 is 9.84 Å². The van der Waals surface area contributed by atoms with Gasteiger partial charge in [0.2, 0.25) is 18.6 Å². The van der Waals surface area contributed by atoms with Gasteiger partial charge in [-0.1, -0.05) is 12.1 Å². The molecule has 2 amide bonds. The minimum atomic E-state index is -3.32. The highest BCUT2D eigenvalue weighted by Crippen LogP contribution is 2.34. The summed E-state index contributed by atoms with van der Waals surface area (Å²) >= 11 is 0. The smallest absolute Gasteiger partial charge is 0.242 e. The normalized spacial score (nSPS) is 16.0. The van der Waals surface area contributed by atoms with Crippen LogP contribution in [0.4, 0.5) is 5.69 Å². The largest absolute Gasteiger partial charge is 0.454 e. The molecule has 0 atom stereocenters. The van der Waals surface area contributed by atoms with Gasteiger partial charge in [0.05, 0.1) is 11.0 Å². The number of fused-ring (bicyclic) bond motifs is 2. The zero-order valence-corrected chi connectivity index (χ0v) is 20.1. The van der Waals surface area contributed by atoms with Crippen molar-refractivity contribution in [1.29, 1.82) is 0 Å². The van der Waals surface area contributed by atoms with Gasteiger partial charge in [-0.05, 0) is 37.1 Å². The van der Waals surface area contributed by atoms with Crippen molar-refractivity contribution in [2.24, 2.45) is 5.92 Å². The molecule has 1 saturated heterocycles. The third-order valence-corrected chi connectivity index (χ3v) is 7.06. The molecule has 1 N–H and O–H groups in total. The maximum atomic E-state index is 13.1. The maximum Gasteiger partial charge on any atom is 0.242 e. The number of nitrogens with zero attached hydrogens (tertiary/aromatic N) is 3. The molecule has 1 aromatic heterocycles. The Hall–Kier alpha value is -3.60. The molecule has 0 aliphatic carbocycles. The Morgan fingerprint density at radius 1 is 1.09 bits per heavy atom. The van der Waals surface area contributed by atoms with Gasteiger partial charge >= 0.3 is 0 Å². The average Bonchev–Trinajstić information content (AvgIpc) is 3.42. The van der Waals surface area contributed by atoms with Crippen molar-refractivity contribution < 1.29 is 27.5 Å². The summed E-state index contributed by atoms with van der Waals surface area (Å²) in [7, 11) is -3.32. The van der Waals surface area contributed by atoms with Crippen LogP contribution in [0.15, 0.2) is 42.5 Å². The molecule has 11 heteroatoms. The molecule has 0 bridgehead atoms. The molecule has 0 saturated carbocycles. The number of benzene rings is 2. The van der Waals surface area contributed by atoms with E-state index in [0.29, 0.717) is 54.5 Å². The lowest BCUT2D eigenvalue weighted by Crippen LogP contribution is -2.42. The van der Waals surface area contributed by atoms with E-state index in [2.05, 4.69) is 10.3 Å². The first kappa shape index (κ1) is 23.2. The number of nitrogens with one attached hydrogen (secondary N) is 1. The van der Waals surface area contributed by atoms with Crippen molar-refractivity contribution in [3.63, 3.8) is 0 Å². The molecule has 2 aromatic carbocycles. The second-order valence-electron chi connectivity index (χ2n) is 8.89. The second-order valence-corrected chi connectivity index (χ2v) is 11.0. The number of aromatic nitrogens is 2. The molecular formula is C24H26N4O6S. The van der Waals surface area contributed by atoms with Crippen LogP contribution < -0.4 is 14.8 Å². The number of para-hydroxylation sites is 2. The summed E-state index contributed by atoms with van der Waals surface area (Å²) in [5.41, 5.74) is 2.01. The molecular weight excluding hydrogens is 472 g/mol. The summed E-state index contributed by atoms with van der Waals surface area (Å²) < 4.78 is 36.1. The minimum Gasteiger partial charge on any atom is -0.454 e. The number of likely N-dealkylation sites (tertiary alicyclic amines) is 1. The fraction of sp³-hybridized carbons (Fsp3) is 0.375. The molecule has 3 heterocycles. The van der Waals surface area contributed by atoms with E-state index in [1.807, 2.05) is 18.2 Å². The van der Waals surface area contributed by atoms with Crippen molar-refractivity contribution in [2.45, 2.75) is 25.1 Å². The topological polar surface area (TPSA) is 120 Å². The van der Waals surface area contributed by atoms with Gasteiger partial charge in [-0.3, -0.25) is 9.59 Å². The SMILES string of the molecule is CS(=O)(=O)Cc1nc2ccccc2n1CC(=O)N1CCC(C(=O)Nc2ccc3c(c2)OCO3)CC1. The van der Waals surface area contributed by atoms with Gasteiger partial charge in [-0.2, -0.15) is 0 Å². The highest BCUT2D eigenvalue weighted by molar-refractivity contribution is 7.89. The zero-order valence-electron chi connectivity index (χ0n) is 19.3. The summed E-state index contributed by atoms with van der Waals surface area (Å²) in [5, 5.41) is 2.92. The van der Waals surface area contributed by atoms with Crippen LogP contribution in [-0.2, 0) is 31.7 Å². The summed E-state index contributed by atoms with van der Waals surface area (Å²) in [5.74, 6) is 0.937. The first-order valence-corrected chi connectivity index (χ1v) is 13.4. The minimum absolute atomic E-state index is 0.000569. The summed E-state index contributed by atoms with van der Waals surface area (Å²) in [4.78, 5) is 32.0. The van der Waals surface area contributed by atoms with Crippen LogP contribution in [-0.4, -0.2) is 60.8 Å².